The van der Waals surface area contributed by atoms with Crippen molar-refractivity contribution in [1.82, 2.24) is 15.0 Å². The minimum atomic E-state index is 0.854. The topological polar surface area (TPSA) is 41.9 Å². The van der Waals surface area contributed by atoms with Crippen molar-refractivity contribution in [3.63, 3.8) is 0 Å². The molecule has 4 heterocycles. The Balaban J connectivity index is 1.66. The van der Waals surface area contributed by atoms with Crippen LogP contribution in [0.2, 0.25) is 0 Å². The highest BCUT2D eigenvalue weighted by molar-refractivity contribution is 5.63. The summed E-state index contributed by atoms with van der Waals surface area (Å²) in [6, 6.07) is 10.5. The van der Waals surface area contributed by atoms with E-state index in [1.165, 1.54) is 16.8 Å². The first-order chi connectivity index (χ1) is 11.7. The predicted octanol–water partition coefficient (Wildman–Crippen LogP) is 3.72. The molecule has 0 spiro atoms. The largest absolute Gasteiger partial charge is 0.352 e. The Morgan fingerprint density at radius 3 is 2.62 bits per heavy atom. The average molecular weight is 316 g/mol. The number of hydrogen-bond donors (Lipinski definition) is 0. The summed E-state index contributed by atoms with van der Waals surface area (Å²) in [7, 11) is 0. The number of fused-ring (bicyclic) bond motifs is 1. The van der Waals surface area contributed by atoms with Crippen molar-refractivity contribution in [3.8, 4) is 11.1 Å². The lowest BCUT2D eigenvalue weighted by molar-refractivity contribution is 0.701. The Bertz CT molecular complexity index is 871. The molecule has 0 saturated heterocycles. The third-order valence-corrected chi connectivity index (χ3v) is 4.57. The van der Waals surface area contributed by atoms with E-state index in [9.17, 15) is 0 Å². The second kappa shape index (κ2) is 6.04. The maximum atomic E-state index is 4.69. The number of aryl methyl sites for hydroxylation is 2. The van der Waals surface area contributed by atoms with E-state index in [2.05, 4.69) is 40.0 Å². The van der Waals surface area contributed by atoms with Gasteiger partial charge >= 0.3 is 0 Å². The molecule has 0 saturated carbocycles. The van der Waals surface area contributed by atoms with Gasteiger partial charge in [-0.2, -0.15) is 0 Å². The summed E-state index contributed by atoms with van der Waals surface area (Å²) in [5.74, 6) is 1.07. The average Bonchev–Trinajstić information content (AvgIpc) is 2.62. The second-order valence-electron chi connectivity index (χ2n) is 6.33. The molecule has 1 aliphatic rings. The summed E-state index contributed by atoms with van der Waals surface area (Å²) >= 11 is 0. The molecule has 0 fully saturated rings. The van der Waals surface area contributed by atoms with E-state index in [-0.39, 0.29) is 0 Å². The fourth-order valence-corrected chi connectivity index (χ4v) is 3.21. The van der Waals surface area contributed by atoms with E-state index in [0.717, 1.165) is 42.1 Å². The van der Waals surface area contributed by atoms with Crippen molar-refractivity contribution in [2.75, 3.05) is 11.4 Å². The number of anilines is 1. The SMILES string of the molecule is Cc1ccc(-c2cnc3c(c2)CN(c2ncccc2C)CC3)cn1. The lowest BCUT2D eigenvalue weighted by atomic mass is 10.0. The summed E-state index contributed by atoms with van der Waals surface area (Å²) in [6.45, 7) is 5.93. The third-order valence-electron chi connectivity index (χ3n) is 4.57. The minimum Gasteiger partial charge on any atom is -0.352 e. The zero-order chi connectivity index (χ0) is 16.5. The van der Waals surface area contributed by atoms with Crippen molar-refractivity contribution < 1.29 is 0 Å². The molecule has 4 heteroatoms. The van der Waals surface area contributed by atoms with Crippen LogP contribution >= 0.6 is 0 Å². The molecule has 1 aliphatic heterocycles. The number of nitrogens with zero attached hydrogens (tertiary/aromatic N) is 4. The molecule has 4 nitrogen and oxygen atoms in total. The Morgan fingerprint density at radius 2 is 1.83 bits per heavy atom. The quantitative estimate of drug-likeness (QED) is 0.722. The number of aromatic nitrogens is 3. The Labute approximate surface area is 142 Å². The second-order valence-corrected chi connectivity index (χ2v) is 6.33. The molecule has 24 heavy (non-hydrogen) atoms. The van der Waals surface area contributed by atoms with Gasteiger partial charge in [0.05, 0.1) is 0 Å². The summed E-state index contributed by atoms with van der Waals surface area (Å²) in [6.07, 6.45) is 6.71. The van der Waals surface area contributed by atoms with Crippen LogP contribution in [0.25, 0.3) is 11.1 Å². The van der Waals surface area contributed by atoms with Crippen LogP contribution in [0.3, 0.4) is 0 Å². The molecule has 0 amide bonds. The number of pyridine rings is 3. The van der Waals surface area contributed by atoms with Gasteiger partial charge in [0.15, 0.2) is 0 Å². The van der Waals surface area contributed by atoms with Gasteiger partial charge in [0.1, 0.15) is 5.82 Å². The van der Waals surface area contributed by atoms with Crippen LogP contribution in [0.15, 0.2) is 48.9 Å². The van der Waals surface area contributed by atoms with E-state index in [1.54, 1.807) is 0 Å². The molecular weight excluding hydrogens is 296 g/mol. The van der Waals surface area contributed by atoms with E-state index in [1.807, 2.05) is 37.6 Å². The van der Waals surface area contributed by atoms with Crippen LogP contribution in [0.1, 0.15) is 22.5 Å². The van der Waals surface area contributed by atoms with Gasteiger partial charge in [-0.3, -0.25) is 9.97 Å². The van der Waals surface area contributed by atoms with E-state index in [4.69, 9.17) is 4.98 Å². The van der Waals surface area contributed by atoms with Crippen molar-refractivity contribution in [3.05, 3.63) is 71.4 Å². The van der Waals surface area contributed by atoms with Crippen LogP contribution in [-0.4, -0.2) is 21.5 Å². The van der Waals surface area contributed by atoms with Gasteiger partial charge in [-0.1, -0.05) is 12.1 Å². The molecule has 0 unspecified atom stereocenters. The monoisotopic (exact) mass is 316 g/mol. The van der Waals surface area contributed by atoms with E-state index < -0.39 is 0 Å². The molecule has 3 aromatic rings. The first kappa shape index (κ1) is 14.8. The molecule has 0 bridgehead atoms. The van der Waals surface area contributed by atoms with Gasteiger partial charge in [-0.15, -0.1) is 0 Å². The highest BCUT2D eigenvalue weighted by Gasteiger charge is 2.20. The standard InChI is InChI=1S/C20H20N4/c1-14-4-3-8-21-20(14)24-9-7-19-18(13-24)10-17(12-23-19)16-6-5-15(2)22-11-16/h3-6,8,10-12H,7,9,13H2,1-2H3. The van der Waals surface area contributed by atoms with E-state index in [0.29, 0.717) is 0 Å². The summed E-state index contributed by atoms with van der Waals surface area (Å²) in [5, 5.41) is 0. The van der Waals surface area contributed by atoms with Gasteiger partial charge < -0.3 is 4.90 Å². The van der Waals surface area contributed by atoms with Crippen molar-refractivity contribution in [1.29, 1.82) is 0 Å². The first-order valence-corrected chi connectivity index (χ1v) is 8.28. The molecule has 0 atom stereocenters. The molecule has 0 aliphatic carbocycles. The fourth-order valence-electron chi connectivity index (χ4n) is 3.21. The molecule has 0 aromatic carbocycles. The van der Waals surface area contributed by atoms with Gasteiger partial charge in [0.2, 0.25) is 0 Å². The molecule has 4 rings (SSSR count). The zero-order valence-corrected chi connectivity index (χ0v) is 14.0. The maximum absolute atomic E-state index is 4.69. The smallest absolute Gasteiger partial charge is 0.131 e. The zero-order valence-electron chi connectivity index (χ0n) is 14.0. The van der Waals surface area contributed by atoms with Crippen LogP contribution in [0.5, 0.6) is 0 Å². The van der Waals surface area contributed by atoms with Crippen molar-refractivity contribution in [2.45, 2.75) is 26.8 Å². The van der Waals surface area contributed by atoms with Gasteiger partial charge in [0.25, 0.3) is 0 Å². The Morgan fingerprint density at radius 1 is 0.958 bits per heavy atom. The highest BCUT2D eigenvalue weighted by Crippen LogP contribution is 2.27. The summed E-state index contributed by atoms with van der Waals surface area (Å²) < 4.78 is 0. The normalized spacial score (nSPS) is 13.7. The number of hydrogen-bond acceptors (Lipinski definition) is 4. The lowest BCUT2D eigenvalue weighted by Crippen LogP contribution is -2.32. The maximum Gasteiger partial charge on any atom is 0.131 e. The fraction of sp³-hybridized carbons (Fsp3) is 0.250. The highest BCUT2D eigenvalue weighted by atomic mass is 15.2. The molecular formula is C20H20N4. The summed E-state index contributed by atoms with van der Waals surface area (Å²) in [4.78, 5) is 16.0. The first-order valence-electron chi connectivity index (χ1n) is 8.28. The van der Waals surface area contributed by atoms with E-state index >= 15 is 0 Å². The van der Waals surface area contributed by atoms with Crippen LogP contribution < -0.4 is 4.90 Å². The third kappa shape index (κ3) is 2.75. The van der Waals surface area contributed by atoms with Crippen molar-refractivity contribution >= 4 is 5.82 Å². The Kier molecular flexibility index (Phi) is 3.73. The predicted molar refractivity (Wildman–Crippen MR) is 95.9 cm³/mol. The Hall–Kier alpha value is -2.75. The summed E-state index contributed by atoms with van der Waals surface area (Å²) in [5.41, 5.74) is 6.96. The minimum absolute atomic E-state index is 0.854. The molecule has 120 valence electrons. The van der Waals surface area contributed by atoms with Crippen LogP contribution in [-0.2, 0) is 13.0 Å². The molecule has 0 N–H and O–H groups in total. The van der Waals surface area contributed by atoms with Gasteiger partial charge in [-0.05, 0) is 43.2 Å². The van der Waals surface area contributed by atoms with Crippen LogP contribution in [0.4, 0.5) is 5.82 Å². The van der Waals surface area contributed by atoms with Gasteiger partial charge in [0, 0.05) is 60.6 Å². The molecule has 3 aromatic heterocycles. The van der Waals surface area contributed by atoms with Crippen LogP contribution in [0, 0.1) is 13.8 Å². The lowest BCUT2D eigenvalue weighted by Gasteiger charge is -2.30. The van der Waals surface area contributed by atoms with Gasteiger partial charge in [-0.25, -0.2) is 4.98 Å². The molecule has 0 radical (unpaired) electrons. The van der Waals surface area contributed by atoms with Crippen molar-refractivity contribution in [2.24, 2.45) is 0 Å². The number of rotatable bonds is 2.